The number of alkyl halides is 3. The molecule has 0 aliphatic rings. The highest BCUT2D eigenvalue weighted by atomic mass is 19.4. The Hall–Kier alpha value is -3.29. The van der Waals surface area contributed by atoms with E-state index in [1.807, 2.05) is 0 Å². The lowest BCUT2D eigenvalue weighted by atomic mass is 10.1. The molecule has 0 spiro atoms. The molecule has 27 heavy (non-hydrogen) atoms. The molecule has 3 aromatic rings. The number of aromatic nitrogens is 1. The number of nitrogens with zero attached hydrogens (tertiary/aromatic N) is 1. The first-order chi connectivity index (χ1) is 12.7. The van der Waals surface area contributed by atoms with Crippen LogP contribution in [0.4, 0.5) is 13.2 Å². The van der Waals surface area contributed by atoms with Crippen LogP contribution in [0, 0.1) is 0 Å². The molecule has 140 valence electrons. The van der Waals surface area contributed by atoms with E-state index in [9.17, 15) is 18.0 Å². The Morgan fingerprint density at radius 1 is 1.04 bits per heavy atom. The van der Waals surface area contributed by atoms with Crippen LogP contribution in [-0.4, -0.2) is 22.2 Å². The van der Waals surface area contributed by atoms with Gasteiger partial charge in [0.1, 0.15) is 11.5 Å². The third kappa shape index (κ3) is 4.46. The highest BCUT2D eigenvalue weighted by Gasteiger charge is 2.30. The number of benzene rings is 2. The summed E-state index contributed by atoms with van der Waals surface area (Å²) in [4.78, 5) is 14.9. The van der Waals surface area contributed by atoms with Gasteiger partial charge in [0.15, 0.2) is 6.10 Å². The Labute approximate surface area is 152 Å². The highest BCUT2D eigenvalue weighted by Crippen LogP contribution is 2.32. The predicted octanol–water partition coefficient (Wildman–Crippen LogP) is 4.90. The summed E-state index contributed by atoms with van der Waals surface area (Å²) in [7, 11) is 0. The first-order valence-electron chi connectivity index (χ1n) is 7.88. The Bertz CT molecular complexity index is 971. The minimum atomic E-state index is -4.45. The fourth-order valence-corrected chi connectivity index (χ4v) is 2.29. The Kier molecular flexibility index (Phi) is 4.89. The van der Waals surface area contributed by atoms with Crippen LogP contribution in [0.25, 0.3) is 10.9 Å². The molecule has 5 nitrogen and oxygen atoms in total. The predicted molar refractivity (Wildman–Crippen MR) is 91.0 cm³/mol. The summed E-state index contributed by atoms with van der Waals surface area (Å²) >= 11 is 0. The topological polar surface area (TPSA) is 68.7 Å². The van der Waals surface area contributed by atoms with E-state index in [0.29, 0.717) is 16.9 Å². The molecule has 0 unspecified atom stereocenters. The lowest BCUT2D eigenvalue weighted by Crippen LogP contribution is -2.22. The maximum atomic E-state index is 12.8. The average molecular weight is 377 g/mol. The number of hydrogen-bond donors (Lipinski definition) is 1. The van der Waals surface area contributed by atoms with Gasteiger partial charge in [-0.25, -0.2) is 9.78 Å². The van der Waals surface area contributed by atoms with E-state index < -0.39 is 23.8 Å². The van der Waals surface area contributed by atoms with Crippen LogP contribution in [0.1, 0.15) is 12.5 Å². The van der Waals surface area contributed by atoms with Gasteiger partial charge in [0.25, 0.3) is 0 Å². The number of hydrogen-bond acceptors (Lipinski definition) is 4. The second-order valence-electron chi connectivity index (χ2n) is 5.73. The van der Waals surface area contributed by atoms with Gasteiger partial charge in [0.2, 0.25) is 5.88 Å². The molecule has 3 rings (SSSR count). The van der Waals surface area contributed by atoms with Gasteiger partial charge >= 0.3 is 12.1 Å². The van der Waals surface area contributed by atoms with E-state index in [1.54, 1.807) is 24.3 Å². The van der Waals surface area contributed by atoms with Crippen molar-refractivity contribution in [3.05, 3.63) is 60.2 Å². The quantitative estimate of drug-likeness (QED) is 0.685. The van der Waals surface area contributed by atoms with Gasteiger partial charge < -0.3 is 14.6 Å². The maximum absolute atomic E-state index is 12.8. The second kappa shape index (κ2) is 7.14. The van der Waals surface area contributed by atoms with Crippen molar-refractivity contribution >= 4 is 16.9 Å². The molecule has 1 atom stereocenters. The summed E-state index contributed by atoms with van der Waals surface area (Å²) in [5.74, 6) is -0.231. The van der Waals surface area contributed by atoms with E-state index in [2.05, 4.69) is 4.98 Å². The van der Waals surface area contributed by atoms with Gasteiger partial charge in [-0.05, 0) is 49.4 Å². The van der Waals surface area contributed by atoms with Crippen LogP contribution in [-0.2, 0) is 11.0 Å². The maximum Gasteiger partial charge on any atom is 0.416 e. The fourth-order valence-electron chi connectivity index (χ4n) is 2.29. The van der Waals surface area contributed by atoms with Crippen molar-refractivity contribution in [1.82, 2.24) is 4.98 Å². The Balaban J connectivity index is 1.78. The third-order valence-electron chi connectivity index (χ3n) is 3.70. The molecular formula is C19H14F3NO4. The van der Waals surface area contributed by atoms with Gasteiger partial charge in [0.05, 0.1) is 11.1 Å². The summed E-state index contributed by atoms with van der Waals surface area (Å²) in [6.45, 7) is 1.40. The van der Waals surface area contributed by atoms with E-state index in [1.165, 1.54) is 25.1 Å². The third-order valence-corrected chi connectivity index (χ3v) is 3.70. The number of fused-ring (bicyclic) bond motifs is 1. The minimum absolute atomic E-state index is 0.134. The largest absolute Gasteiger partial charge is 0.479 e. The monoisotopic (exact) mass is 377 g/mol. The molecule has 0 amide bonds. The van der Waals surface area contributed by atoms with Crippen LogP contribution in [0.3, 0.4) is 0 Å². The molecular weight excluding hydrogens is 363 g/mol. The van der Waals surface area contributed by atoms with Gasteiger partial charge in [-0.15, -0.1) is 0 Å². The van der Waals surface area contributed by atoms with E-state index in [0.717, 1.165) is 12.1 Å². The number of carboxylic acids is 1. The number of ether oxygens (including phenoxy) is 2. The van der Waals surface area contributed by atoms with Gasteiger partial charge in [0, 0.05) is 11.5 Å². The van der Waals surface area contributed by atoms with Crippen molar-refractivity contribution in [1.29, 1.82) is 0 Å². The Morgan fingerprint density at radius 3 is 2.30 bits per heavy atom. The van der Waals surface area contributed by atoms with Crippen molar-refractivity contribution in [2.75, 3.05) is 0 Å². The molecule has 1 N–H and O–H groups in total. The van der Waals surface area contributed by atoms with Crippen molar-refractivity contribution in [3.8, 4) is 17.4 Å². The Morgan fingerprint density at radius 2 is 1.67 bits per heavy atom. The van der Waals surface area contributed by atoms with Gasteiger partial charge in [-0.3, -0.25) is 0 Å². The van der Waals surface area contributed by atoms with Crippen molar-refractivity contribution in [2.45, 2.75) is 19.2 Å². The van der Waals surface area contributed by atoms with E-state index in [-0.39, 0.29) is 11.4 Å². The average Bonchev–Trinajstić information content (AvgIpc) is 2.62. The molecule has 0 saturated heterocycles. The summed E-state index contributed by atoms with van der Waals surface area (Å²) in [6.07, 6.45) is -5.45. The second-order valence-corrected chi connectivity index (χ2v) is 5.73. The normalized spacial score (nSPS) is 12.6. The van der Waals surface area contributed by atoms with Crippen molar-refractivity contribution in [2.24, 2.45) is 0 Å². The SMILES string of the molecule is C[C@@H](Oc1ccc(Oc2ccc3ccc(C(F)(F)F)cc3n2)cc1)C(=O)O. The smallest absolute Gasteiger partial charge is 0.416 e. The molecule has 0 bridgehead atoms. The van der Waals surface area contributed by atoms with Crippen LogP contribution in [0.15, 0.2) is 54.6 Å². The lowest BCUT2D eigenvalue weighted by molar-refractivity contribution is -0.144. The standard InChI is InChI=1S/C19H14F3NO4/c1-11(18(24)25)26-14-5-7-15(8-6-14)27-17-9-3-12-2-4-13(19(20,21)22)10-16(12)23-17/h2-11H,1H3,(H,24,25)/t11-/m1/s1. The number of aliphatic carboxylic acids is 1. The number of carboxylic acid groups (broad SMARTS) is 1. The number of rotatable bonds is 5. The lowest BCUT2D eigenvalue weighted by Gasteiger charge is -2.11. The molecule has 0 fully saturated rings. The summed E-state index contributed by atoms with van der Waals surface area (Å²) < 4.78 is 49.3. The minimum Gasteiger partial charge on any atom is -0.479 e. The van der Waals surface area contributed by atoms with Gasteiger partial charge in [-0.1, -0.05) is 6.07 Å². The fraction of sp³-hybridized carbons (Fsp3) is 0.158. The number of pyridine rings is 1. The molecule has 8 heteroatoms. The summed E-state index contributed by atoms with van der Waals surface area (Å²) in [6, 6.07) is 12.6. The first-order valence-corrected chi connectivity index (χ1v) is 7.88. The zero-order chi connectivity index (χ0) is 19.6. The van der Waals surface area contributed by atoms with Crippen molar-refractivity contribution in [3.63, 3.8) is 0 Å². The zero-order valence-electron chi connectivity index (χ0n) is 14.0. The first kappa shape index (κ1) is 18.5. The molecule has 2 aromatic carbocycles. The van der Waals surface area contributed by atoms with E-state index in [4.69, 9.17) is 14.6 Å². The molecule has 0 aliphatic heterocycles. The van der Waals surface area contributed by atoms with Crippen LogP contribution >= 0.6 is 0 Å². The molecule has 0 radical (unpaired) electrons. The molecule has 1 aromatic heterocycles. The van der Waals surface area contributed by atoms with E-state index >= 15 is 0 Å². The molecule has 0 aliphatic carbocycles. The van der Waals surface area contributed by atoms with Crippen LogP contribution in [0.5, 0.6) is 17.4 Å². The molecule has 0 saturated carbocycles. The summed E-state index contributed by atoms with van der Waals surface area (Å²) in [5.41, 5.74) is -0.619. The summed E-state index contributed by atoms with van der Waals surface area (Å²) in [5, 5.41) is 9.38. The van der Waals surface area contributed by atoms with Gasteiger partial charge in [-0.2, -0.15) is 13.2 Å². The number of halogens is 3. The number of carbonyl (C=O) groups is 1. The van der Waals surface area contributed by atoms with Crippen molar-refractivity contribution < 1.29 is 32.5 Å². The molecule has 1 heterocycles. The highest BCUT2D eigenvalue weighted by molar-refractivity contribution is 5.80. The van der Waals surface area contributed by atoms with Crippen LogP contribution < -0.4 is 9.47 Å². The zero-order valence-corrected chi connectivity index (χ0v) is 14.0. The van der Waals surface area contributed by atoms with Crippen LogP contribution in [0.2, 0.25) is 0 Å².